The molecule has 0 aromatic heterocycles. The van der Waals surface area contributed by atoms with E-state index in [0.29, 0.717) is 24.2 Å². The fraction of sp³-hybridized carbons (Fsp3) is 0.357. The van der Waals surface area contributed by atoms with Crippen molar-refractivity contribution in [3.63, 3.8) is 0 Å². The molecule has 1 aliphatic rings. The lowest BCUT2D eigenvalue weighted by Crippen LogP contribution is -2.37. The van der Waals surface area contributed by atoms with Crippen molar-refractivity contribution in [1.82, 2.24) is 9.80 Å². The maximum absolute atomic E-state index is 12.1. The van der Waals surface area contributed by atoms with Crippen LogP contribution in [0, 0.1) is 0 Å². The minimum Gasteiger partial charge on any atom is -0.481 e. The molecule has 1 aromatic rings. The number of carboxylic acid groups (broad SMARTS) is 1. The fourth-order valence-corrected chi connectivity index (χ4v) is 2.11. The van der Waals surface area contributed by atoms with Gasteiger partial charge in [0.05, 0.1) is 17.5 Å². The predicted octanol–water partition coefficient (Wildman–Crippen LogP) is 0.689. The second-order valence-corrected chi connectivity index (χ2v) is 4.75. The van der Waals surface area contributed by atoms with E-state index in [0.717, 1.165) is 0 Å². The summed E-state index contributed by atoms with van der Waals surface area (Å²) < 4.78 is 0. The molecule has 0 radical (unpaired) electrons. The molecule has 6 heteroatoms. The van der Waals surface area contributed by atoms with Crippen LogP contribution in [0.15, 0.2) is 24.3 Å². The fourth-order valence-electron chi connectivity index (χ4n) is 2.11. The van der Waals surface area contributed by atoms with Crippen molar-refractivity contribution < 1.29 is 19.5 Å². The summed E-state index contributed by atoms with van der Waals surface area (Å²) in [7, 11) is 1.76. The second kappa shape index (κ2) is 5.83. The number of likely N-dealkylation sites (N-methyl/N-ethyl adjacent to an activating group) is 1. The van der Waals surface area contributed by atoms with E-state index in [1.54, 1.807) is 36.2 Å². The Morgan fingerprint density at radius 3 is 2.20 bits per heavy atom. The second-order valence-electron chi connectivity index (χ2n) is 4.75. The van der Waals surface area contributed by atoms with Crippen LogP contribution in [0.1, 0.15) is 27.1 Å². The average molecular weight is 276 g/mol. The number of fused-ring (bicyclic) bond motifs is 1. The van der Waals surface area contributed by atoms with Gasteiger partial charge in [0, 0.05) is 19.6 Å². The number of carboxylic acids is 1. The third kappa shape index (κ3) is 2.85. The summed E-state index contributed by atoms with van der Waals surface area (Å²) in [4.78, 5) is 37.6. The number of aliphatic carboxylic acids is 1. The van der Waals surface area contributed by atoms with E-state index in [4.69, 9.17) is 5.11 Å². The minimum absolute atomic E-state index is 0.0403. The summed E-state index contributed by atoms with van der Waals surface area (Å²) >= 11 is 0. The summed E-state index contributed by atoms with van der Waals surface area (Å²) in [5, 5.41) is 8.60. The molecule has 6 nitrogen and oxygen atoms in total. The van der Waals surface area contributed by atoms with Crippen molar-refractivity contribution in [2.24, 2.45) is 0 Å². The van der Waals surface area contributed by atoms with E-state index in [1.807, 2.05) is 0 Å². The Morgan fingerprint density at radius 2 is 1.70 bits per heavy atom. The van der Waals surface area contributed by atoms with Crippen LogP contribution in [0.4, 0.5) is 0 Å². The number of amides is 2. The Kier molecular flexibility index (Phi) is 4.14. The summed E-state index contributed by atoms with van der Waals surface area (Å²) in [6.45, 7) is 1.11. The van der Waals surface area contributed by atoms with Crippen molar-refractivity contribution in [3.05, 3.63) is 35.4 Å². The van der Waals surface area contributed by atoms with E-state index >= 15 is 0 Å². The lowest BCUT2D eigenvalue weighted by molar-refractivity contribution is -0.137. The summed E-state index contributed by atoms with van der Waals surface area (Å²) in [6.07, 6.45) is 0.0403. The van der Waals surface area contributed by atoms with Crippen LogP contribution in [0.2, 0.25) is 0 Å². The molecule has 0 saturated heterocycles. The predicted molar refractivity (Wildman–Crippen MR) is 71.6 cm³/mol. The molecule has 0 saturated carbocycles. The van der Waals surface area contributed by atoms with Gasteiger partial charge in [0.15, 0.2) is 0 Å². The van der Waals surface area contributed by atoms with Crippen LogP contribution in [-0.2, 0) is 4.79 Å². The van der Waals surface area contributed by atoms with Gasteiger partial charge in [-0.1, -0.05) is 12.1 Å². The first-order chi connectivity index (χ1) is 9.50. The number of imide groups is 1. The Hall–Kier alpha value is -2.21. The lowest BCUT2D eigenvalue weighted by Gasteiger charge is -2.19. The zero-order valence-electron chi connectivity index (χ0n) is 11.2. The highest BCUT2D eigenvalue weighted by Crippen LogP contribution is 2.21. The van der Waals surface area contributed by atoms with E-state index in [9.17, 15) is 14.4 Å². The Balaban J connectivity index is 1.94. The molecule has 2 rings (SSSR count). The Morgan fingerprint density at radius 1 is 1.15 bits per heavy atom. The van der Waals surface area contributed by atoms with Gasteiger partial charge in [0.2, 0.25) is 0 Å². The number of rotatable bonds is 6. The third-order valence-electron chi connectivity index (χ3n) is 3.29. The number of hydrogen-bond donors (Lipinski definition) is 1. The largest absolute Gasteiger partial charge is 0.481 e. The highest BCUT2D eigenvalue weighted by Gasteiger charge is 2.34. The number of carbonyl (C=O) groups is 3. The zero-order valence-corrected chi connectivity index (χ0v) is 11.2. The van der Waals surface area contributed by atoms with Crippen LogP contribution in [0.3, 0.4) is 0 Å². The van der Waals surface area contributed by atoms with Gasteiger partial charge in [-0.05, 0) is 19.2 Å². The first kappa shape index (κ1) is 14.2. The van der Waals surface area contributed by atoms with Crippen molar-refractivity contribution in [1.29, 1.82) is 0 Å². The van der Waals surface area contributed by atoms with Gasteiger partial charge in [-0.2, -0.15) is 0 Å². The van der Waals surface area contributed by atoms with E-state index in [2.05, 4.69) is 0 Å². The van der Waals surface area contributed by atoms with Crippen molar-refractivity contribution in [3.8, 4) is 0 Å². The first-order valence-corrected chi connectivity index (χ1v) is 6.36. The molecule has 2 amide bonds. The first-order valence-electron chi connectivity index (χ1n) is 6.36. The molecule has 0 aliphatic carbocycles. The highest BCUT2D eigenvalue weighted by molar-refractivity contribution is 6.21. The summed E-state index contributed by atoms with van der Waals surface area (Å²) in [5.74, 6) is -1.42. The van der Waals surface area contributed by atoms with Gasteiger partial charge in [0.1, 0.15) is 0 Å². The molecule has 0 fully saturated rings. The normalized spacial score (nSPS) is 14.0. The average Bonchev–Trinajstić information content (AvgIpc) is 2.67. The minimum atomic E-state index is -0.863. The highest BCUT2D eigenvalue weighted by atomic mass is 16.4. The monoisotopic (exact) mass is 276 g/mol. The lowest BCUT2D eigenvalue weighted by atomic mass is 10.1. The van der Waals surface area contributed by atoms with Crippen LogP contribution in [0.25, 0.3) is 0 Å². The van der Waals surface area contributed by atoms with E-state index < -0.39 is 5.97 Å². The molecular weight excluding hydrogens is 260 g/mol. The van der Waals surface area contributed by atoms with Gasteiger partial charge >= 0.3 is 5.97 Å². The number of hydrogen-bond acceptors (Lipinski definition) is 4. The molecule has 1 aromatic carbocycles. The van der Waals surface area contributed by atoms with Gasteiger partial charge < -0.3 is 10.0 Å². The van der Waals surface area contributed by atoms with Gasteiger partial charge in [-0.3, -0.25) is 19.3 Å². The number of benzene rings is 1. The van der Waals surface area contributed by atoms with Gasteiger partial charge in [0.25, 0.3) is 11.8 Å². The summed E-state index contributed by atoms with van der Waals surface area (Å²) in [6, 6.07) is 6.74. The molecule has 0 unspecified atom stereocenters. The van der Waals surface area contributed by atoms with Crippen molar-refractivity contribution >= 4 is 17.8 Å². The Labute approximate surface area is 116 Å². The van der Waals surface area contributed by atoms with E-state index in [-0.39, 0.29) is 24.8 Å². The number of nitrogens with zero attached hydrogens (tertiary/aromatic N) is 2. The van der Waals surface area contributed by atoms with Crippen LogP contribution < -0.4 is 0 Å². The zero-order chi connectivity index (χ0) is 14.7. The molecule has 106 valence electrons. The molecule has 1 heterocycles. The number of carbonyl (C=O) groups excluding carboxylic acids is 2. The maximum Gasteiger partial charge on any atom is 0.304 e. The topological polar surface area (TPSA) is 77.9 Å². The quantitative estimate of drug-likeness (QED) is 0.773. The SMILES string of the molecule is CN(CCC(=O)O)CCN1C(=O)c2ccccc2C1=O. The van der Waals surface area contributed by atoms with E-state index in [1.165, 1.54) is 4.90 Å². The van der Waals surface area contributed by atoms with Gasteiger partial charge in [-0.25, -0.2) is 0 Å². The standard InChI is InChI=1S/C14H16N2O4/c1-15(7-6-12(17)18)8-9-16-13(19)10-4-2-3-5-11(10)14(16)20/h2-5H,6-9H2,1H3,(H,17,18). The summed E-state index contributed by atoms with van der Waals surface area (Å²) in [5.41, 5.74) is 0.872. The molecule has 20 heavy (non-hydrogen) atoms. The third-order valence-corrected chi connectivity index (χ3v) is 3.29. The molecular formula is C14H16N2O4. The molecule has 1 aliphatic heterocycles. The Bertz CT molecular complexity index is 521. The van der Waals surface area contributed by atoms with Crippen LogP contribution in [0.5, 0.6) is 0 Å². The molecule has 0 spiro atoms. The van der Waals surface area contributed by atoms with Crippen LogP contribution in [-0.4, -0.2) is 59.4 Å². The maximum atomic E-state index is 12.1. The smallest absolute Gasteiger partial charge is 0.304 e. The molecule has 0 atom stereocenters. The van der Waals surface area contributed by atoms with Crippen molar-refractivity contribution in [2.45, 2.75) is 6.42 Å². The molecule has 0 bridgehead atoms. The molecule has 1 N–H and O–H groups in total. The van der Waals surface area contributed by atoms with Gasteiger partial charge in [-0.15, -0.1) is 0 Å². The van der Waals surface area contributed by atoms with Crippen molar-refractivity contribution in [2.75, 3.05) is 26.7 Å². The van der Waals surface area contributed by atoms with Crippen LogP contribution >= 0.6 is 0 Å².